The molecule has 8 nitrogen and oxygen atoms in total. The zero-order chi connectivity index (χ0) is 14.9. The lowest BCUT2D eigenvalue weighted by atomic mass is 10.2. The topological polar surface area (TPSA) is 122 Å². The van der Waals surface area contributed by atoms with Crippen LogP contribution in [0.2, 0.25) is 0 Å². The molecule has 0 aliphatic carbocycles. The van der Waals surface area contributed by atoms with Crippen LogP contribution >= 0.6 is 0 Å². The van der Waals surface area contributed by atoms with Crippen molar-refractivity contribution in [1.29, 1.82) is 0 Å². The first-order valence-corrected chi connectivity index (χ1v) is 7.46. The third kappa shape index (κ3) is 8.51. The largest absolute Gasteiger partial charge is 0.480 e. The summed E-state index contributed by atoms with van der Waals surface area (Å²) in [6, 6.07) is -1.36. The van der Waals surface area contributed by atoms with E-state index in [0.29, 0.717) is 6.42 Å². The van der Waals surface area contributed by atoms with E-state index in [0.717, 1.165) is 0 Å². The van der Waals surface area contributed by atoms with Gasteiger partial charge in [0.05, 0.1) is 6.61 Å². The number of hydrogen-bond acceptors (Lipinski definition) is 5. The molecule has 0 aliphatic heterocycles. The van der Waals surface area contributed by atoms with Crippen molar-refractivity contribution < 1.29 is 27.9 Å². The lowest BCUT2D eigenvalue weighted by Crippen LogP contribution is -2.46. The van der Waals surface area contributed by atoms with E-state index >= 15 is 0 Å². The van der Waals surface area contributed by atoms with Crippen LogP contribution in [-0.4, -0.2) is 44.7 Å². The van der Waals surface area contributed by atoms with Gasteiger partial charge in [0.25, 0.3) is 10.2 Å². The van der Waals surface area contributed by atoms with Crippen molar-refractivity contribution in [3.05, 3.63) is 0 Å². The molecule has 0 saturated carbocycles. The molecule has 0 spiro atoms. The summed E-state index contributed by atoms with van der Waals surface area (Å²) in [4.78, 5) is 22.0. The van der Waals surface area contributed by atoms with Crippen molar-refractivity contribution in [1.82, 2.24) is 9.44 Å². The summed E-state index contributed by atoms with van der Waals surface area (Å²) < 4.78 is 31.8. The fourth-order valence-corrected chi connectivity index (χ4v) is 2.34. The standard InChI is InChI=1S/C10H20N2O6S/c1-3-7-11-19(16,17)12-8(10(14)15)5-6-9(13)18-4-2/h8,11-12H,3-7H2,1-2H3,(H,14,15)/t8-/m0/s1. The van der Waals surface area contributed by atoms with E-state index in [9.17, 15) is 18.0 Å². The van der Waals surface area contributed by atoms with Gasteiger partial charge in [-0.1, -0.05) is 6.92 Å². The predicted molar refractivity (Wildman–Crippen MR) is 67.6 cm³/mol. The number of carboxylic acid groups (broad SMARTS) is 1. The molecule has 9 heteroatoms. The quantitative estimate of drug-likeness (QED) is 0.472. The first-order valence-electron chi connectivity index (χ1n) is 5.97. The van der Waals surface area contributed by atoms with Crippen molar-refractivity contribution in [2.75, 3.05) is 13.2 Å². The van der Waals surface area contributed by atoms with Gasteiger partial charge in [0.1, 0.15) is 6.04 Å². The molecule has 0 aromatic carbocycles. The molecule has 19 heavy (non-hydrogen) atoms. The fraction of sp³-hybridized carbons (Fsp3) is 0.800. The molecule has 0 radical (unpaired) electrons. The minimum Gasteiger partial charge on any atom is -0.480 e. The van der Waals surface area contributed by atoms with Crippen LogP contribution in [0.4, 0.5) is 0 Å². The second-order valence-corrected chi connectivity index (χ2v) is 5.28. The number of nitrogens with one attached hydrogen (secondary N) is 2. The number of carbonyl (C=O) groups excluding carboxylic acids is 1. The molecule has 0 saturated heterocycles. The molecule has 0 bridgehead atoms. The summed E-state index contributed by atoms with van der Waals surface area (Å²) in [6.07, 6.45) is 0.254. The van der Waals surface area contributed by atoms with Gasteiger partial charge in [-0.3, -0.25) is 9.59 Å². The molecule has 112 valence electrons. The van der Waals surface area contributed by atoms with Crippen LogP contribution in [0.3, 0.4) is 0 Å². The van der Waals surface area contributed by atoms with Crippen LogP contribution in [0, 0.1) is 0 Å². The van der Waals surface area contributed by atoms with Gasteiger partial charge in [-0.25, -0.2) is 4.72 Å². The normalized spacial score (nSPS) is 12.9. The van der Waals surface area contributed by atoms with Gasteiger partial charge < -0.3 is 9.84 Å². The Morgan fingerprint density at radius 3 is 2.42 bits per heavy atom. The predicted octanol–water partition coefficient (Wildman–Crippen LogP) is -0.383. The minimum atomic E-state index is -3.88. The first-order chi connectivity index (χ1) is 8.82. The second kappa shape index (κ2) is 8.83. The van der Waals surface area contributed by atoms with Gasteiger partial charge >= 0.3 is 11.9 Å². The van der Waals surface area contributed by atoms with Crippen LogP contribution in [0.1, 0.15) is 33.1 Å². The number of carbonyl (C=O) groups is 2. The molecule has 1 atom stereocenters. The highest BCUT2D eigenvalue weighted by atomic mass is 32.2. The first kappa shape index (κ1) is 17.8. The Bertz CT molecular complexity index is 395. The Labute approximate surface area is 112 Å². The average molecular weight is 296 g/mol. The smallest absolute Gasteiger partial charge is 0.321 e. The van der Waals surface area contributed by atoms with Gasteiger partial charge in [0.15, 0.2) is 0 Å². The summed E-state index contributed by atoms with van der Waals surface area (Å²) in [6.45, 7) is 3.81. The molecule has 0 heterocycles. The SMILES string of the molecule is CCCNS(=O)(=O)N[C@@H](CCC(=O)OCC)C(=O)O. The Balaban J connectivity index is 4.42. The summed E-state index contributed by atoms with van der Waals surface area (Å²) in [5.41, 5.74) is 0. The molecular formula is C10H20N2O6S. The minimum absolute atomic E-state index is 0.165. The Hall–Kier alpha value is -1.19. The van der Waals surface area contributed by atoms with E-state index in [1.807, 2.05) is 4.72 Å². The highest BCUT2D eigenvalue weighted by Gasteiger charge is 2.24. The van der Waals surface area contributed by atoms with Crippen molar-refractivity contribution in [2.45, 2.75) is 39.2 Å². The van der Waals surface area contributed by atoms with E-state index in [2.05, 4.69) is 9.46 Å². The molecule has 0 rings (SSSR count). The fourth-order valence-electron chi connectivity index (χ4n) is 1.19. The van der Waals surface area contributed by atoms with Gasteiger partial charge in [0, 0.05) is 13.0 Å². The van der Waals surface area contributed by atoms with Crippen molar-refractivity contribution >= 4 is 22.1 Å². The lowest BCUT2D eigenvalue weighted by Gasteiger charge is -2.14. The molecule has 0 amide bonds. The number of aliphatic carboxylic acids is 1. The van der Waals surface area contributed by atoms with Crippen LogP contribution in [0.25, 0.3) is 0 Å². The van der Waals surface area contributed by atoms with E-state index in [4.69, 9.17) is 5.11 Å². The van der Waals surface area contributed by atoms with Gasteiger partial charge in [-0.2, -0.15) is 13.1 Å². The van der Waals surface area contributed by atoms with Gasteiger partial charge in [-0.15, -0.1) is 0 Å². The van der Waals surface area contributed by atoms with Gasteiger partial charge in [0.2, 0.25) is 0 Å². The molecule has 3 N–H and O–H groups in total. The maximum absolute atomic E-state index is 11.5. The van der Waals surface area contributed by atoms with E-state index in [1.54, 1.807) is 13.8 Å². The number of esters is 1. The molecule has 0 unspecified atom stereocenters. The van der Waals surface area contributed by atoms with Crippen LogP contribution in [-0.2, 0) is 24.5 Å². The molecule has 0 aromatic heterocycles. The number of rotatable bonds is 10. The molecule has 0 aromatic rings. The van der Waals surface area contributed by atoms with E-state index < -0.39 is 28.2 Å². The zero-order valence-electron chi connectivity index (χ0n) is 11.0. The summed E-state index contributed by atoms with van der Waals surface area (Å²) in [7, 11) is -3.88. The monoisotopic (exact) mass is 296 g/mol. The Morgan fingerprint density at radius 1 is 1.32 bits per heavy atom. The van der Waals surface area contributed by atoms with Gasteiger partial charge in [-0.05, 0) is 19.8 Å². The zero-order valence-corrected chi connectivity index (χ0v) is 11.8. The van der Waals surface area contributed by atoms with Crippen molar-refractivity contribution in [3.8, 4) is 0 Å². The molecule has 0 aliphatic rings. The van der Waals surface area contributed by atoms with Crippen molar-refractivity contribution in [3.63, 3.8) is 0 Å². The van der Waals surface area contributed by atoms with Crippen LogP contribution < -0.4 is 9.44 Å². The molecular weight excluding hydrogens is 276 g/mol. The Kier molecular flexibility index (Phi) is 8.28. The summed E-state index contributed by atoms with van der Waals surface area (Å²) in [5, 5.41) is 8.90. The number of hydrogen-bond donors (Lipinski definition) is 3. The van der Waals surface area contributed by atoms with Crippen LogP contribution in [0.5, 0.6) is 0 Å². The second-order valence-electron chi connectivity index (χ2n) is 3.75. The average Bonchev–Trinajstić information content (AvgIpc) is 2.32. The van der Waals surface area contributed by atoms with E-state index in [1.165, 1.54) is 0 Å². The van der Waals surface area contributed by atoms with Crippen molar-refractivity contribution in [2.24, 2.45) is 0 Å². The third-order valence-electron chi connectivity index (χ3n) is 2.08. The number of carboxylic acids is 1. The summed E-state index contributed by atoms with van der Waals surface area (Å²) in [5.74, 6) is -1.90. The maximum Gasteiger partial charge on any atom is 0.321 e. The summed E-state index contributed by atoms with van der Waals surface area (Å²) >= 11 is 0. The molecule has 0 fully saturated rings. The Morgan fingerprint density at radius 2 is 1.95 bits per heavy atom. The lowest BCUT2D eigenvalue weighted by molar-refractivity contribution is -0.144. The number of ether oxygens (including phenoxy) is 1. The van der Waals surface area contributed by atoms with Crippen LogP contribution in [0.15, 0.2) is 0 Å². The third-order valence-corrected chi connectivity index (χ3v) is 3.26. The maximum atomic E-state index is 11.5. The van der Waals surface area contributed by atoms with E-state index in [-0.39, 0.29) is 26.0 Å². The highest BCUT2D eigenvalue weighted by Crippen LogP contribution is 2.01. The highest BCUT2D eigenvalue weighted by molar-refractivity contribution is 7.87.